The summed E-state index contributed by atoms with van der Waals surface area (Å²) in [7, 11) is 0. The SMILES string of the molecule is CCCc1ccccc1N1CC(C)=C(C)CS1. The van der Waals surface area contributed by atoms with Crippen LogP contribution in [0.3, 0.4) is 0 Å². The van der Waals surface area contributed by atoms with Crippen LogP contribution in [-0.4, -0.2) is 12.3 Å². The van der Waals surface area contributed by atoms with Gasteiger partial charge in [0, 0.05) is 5.75 Å². The van der Waals surface area contributed by atoms with Crippen molar-refractivity contribution in [1.82, 2.24) is 0 Å². The van der Waals surface area contributed by atoms with Crippen LogP contribution >= 0.6 is 11.9 Å². The fraction of sp³-hybridized carbons (Fsp3) is 0.467. The summed E-state index contributed by atoms with van der Waals surface area (Å²) in [6.45, 7) is 7.81. The normalized spacial score (nSPS) is 16.5. The molecule has 0 saturated carbocycles. The second-order valence-corrected chi connectivity index (χ2v) is 5.74. The molecule has 1 aromatic rings. The lowest BCUT2D eigenvalue weighted by Crippen LogP contribution is -2.23. The van der Waals surface area contributed by atoms with Crippen LogP contribution in [0.15, 0.2) is 35.4 Å². The van der Waals surface area contributed by atoms with Crippen LogP contribution in [0.1, 0.15) is 32.8 Å². The first kappa shape index (κ1) is 12.6. The molecule has 0 radical (unpaired) electrons. The molecule has 1 nitrogen and oxygen atoms in total. The molecule has 1 heterocycles. The predicted molar refractivity (Wildman–Crippen MR) is 78.6 cm³/mol. The Morgan fingerprint density at radius 1 is 1.18 bits per heavy atom. The molecule has 0 amide bonds. The molecule has 0 aromatic heterocycles. The van der Waals surface area contributed by atoms with Gasteiger partial charge in [0.2, 0.25) is 0 Å². The highest BCUT2D eigenvalue weighted by Gasteiger charge is 2.17. The van der Waals surface area contributed by atoms with E-state index < -0.39 is 0 Å². The largest absolute Gasteiger partial charge is 0.312 e. The average Bonchev–Trinajstić information content (AvgIpc) is 2.34. The van der Waals surface area contributed by atoms with E-state index in [2.05, 4.69) is 49.3 Å². The molecule has 92 valence electrons. The van der Waals surface area contributed by atoms with Crippen LogP contribution in [0.25, 0.3) is 0 Å². The lowest BCUT2D eigenvalue weighted by molar-refractivity contribution is 0.914. The summed E-state index contributed by atoms with van der Waals surface area (Å²) in [6, 6.07) is 8.82. The van der Waals surface area contributed by atoms with E-state index in [0.29, 0.717) is 0 Å². The molecule has 0 atom stereocenters. The van der Waals surface area contributed by atoms with Gasteiger partial charge in [-0.1, -0.05) is 42.7 Å². The first-order chi connectivity index (χ1) is 8.22. The zero-order valence-corrected chi connectivity index (χ0v) is 11.8. The predicted octanol–water partition coefficient (Wildman–Crippen LogP) is 4.44. The minimum Gasteiger partial charge on any atom is -0.312 e. The summed E-state index contributed by atoms with van der Waals surface area (Å²) in [5.74, 6) is 1.13. The minimum absolute atomic E-state index is 1.07. The van der Waals surface area contributed by atoms with E-state index in [1.807, 2.05) is 11.9 Å². The van der Waals surface area contributed by atoms with E-state index in [9.17, 15) is 0 Å². The highest BCUT2D eigenvalue weighted by molar-refractivity contribution is 8.00. The second-order valence-electron chi connectivity index (χ2n) is 4.75. The summed E-state index contributed by atoms with van der Waals surface area (Å²) < 4.78 is 2.45. The fourth-order valence-electron chi connectivity index (χ4n) is 2.08. The first-order valence-electron chi connectivity index (χ1n) is 6.36. The summed E-state index contributed by atoms with van der Waals surface area (Å²) in [5, 5.41) is 0. The maximum absolute atomic E-state index is 2.45. The van der Waals surface area contributed by atoms with Crippen molar-refractivity contribution in [2.45, 2.75) is 33.6 Å². The number of aryl methyl sites for hydroxylation is 1. The van der Waals surface area contributed by atoms with Crippen LogP contribution in [0.2, 0.25) is 0 Å². The van der Waals surface area contributed by atoms with Gasteiger partial charge in [0.05, 0.1) is 12.2 Å². The fourth-order valence-corrected chi connectivity index (χ4v) is 3.28. The van der Waals surface area contributed by atoms with E-state index in [4.69, 9.17) is 0 Å². The minimum atomic E-state index is 1.07. The van der Waals surface area contributed by atoms with E-state index >= 15 is 0 Å². The van der Waals surface area contributed by atoms with Crippen molar-refractivity contribution >= 4 is 17.6 Å². The Morgan fingerprint density at radius 2 is 1.94 bits per heavy atom. The highest BCUT2D eigenvalue weighted by Crippen LogP contribution is 2.33. The summed E-state index contributed by atoms with van der Waals surface area (Å²) in [6.07, 6.45) is 2.39. The Morgan fingerprint density at radius 3 is 2.65 bits per heavy atom. The quantitative estimate of drug-likeness (QED) is 0.573. The van der Waals surface area contributed by atoms with Gasteiger partial charge in [0.25, 0.3) is 0 Å². The zero-order chi connectivity index (χ0) is 12.3. The Hall–Kier alpha value is -0.890. The Kier molecular flexibility index (Phi) is 4.16. The molecule has 0 fully saturated rings. The number of rotatable bonds is 3. The number of hydrogen-bond acceptors (Lipinski definition) is 2. The monoisotopic (exact) mass is 247 g/mol. The molecular formula is C15H21NS. The lowest BCUT2D eigenvalue weighted by Gasteiger charge is -2.30. The Balaban J connectivity index is 2.23. The number of para-hydroxylation sites is 1. The Labute approximate surface area is 109 Å². The van der Waals surface area contributed by atoms with Gasteiger partial charge in [0.1, 0.15) is 0 Å². The van der Waals surface area contributed by atoms with Crippen LogP contribution in [0.4, 0.5) is 5.69 Å². The molecule has 1 aliphatic rings. The third-order valence-corrected chi connectivity index (χ3v) is 4.53. The summed E-state index contributed by atoms with van der Waals surface area (Å²) in [4.78, 5) is 0. The van der Waals surface area contributed by atoms with Crippen LogP contribution in [0, 0.1) is 0 Å². The molecule has 2 rings (SSSR count). The van der Waals surface area contributed by atoms with Crippen molar-refractivity contribution in [3.8, 4) is 0 Å². The van der Waals surface area contributed by atoms with E-state index in [-0.39, 0.29) is 0 Å². The molecule has 1 aliphatic heterocycles. The van der Waals surface area contributed by atoms with Crippen molar-refractivity contribution in [2.24, 2.45) is 0 Å². The average molecular weight is 247 g/mol. The third-order valence-electron chi connectivity index (χ3n) is 3.33. The molecule has 0 aliphatic carbocycles. The third kappa shape index (κ3) is 2.86. The molecule has 1 aromatic carbocycles. The standard InChI is InChI=1S/C15H21NS/c1-4-7-14-8-5-6-9-15(14)16-10-12(2)13(3)11-17-16/h5-6,8-9H,4,7,10-11H2,1-3H3. The summed E-state index contributed by atoms with van der Waals surface area (Å²) >= 11 is 1.94. The van der Waals surface area contributed by atoms with Crippen molar-refractivity contribution in [3.63, 3.8) is 0 Å². The molecular weight excluding hydrogens is 226 g/mol. The van der Waals surface area contributed by atoms with Crippen molar-refractivity contribution in [2.75, 3.05) is 16.6 Å². The molecule has 0 N–H and O–H groups in total. The van der Waals surface area contributed by atoms with Gasteiger partial charge in [-0.3, -0.25) is 0 Å². The topological polar surface area (TPSA) is 3.24 Å². The summed E-state index contributed by atoms with van der Waals surface area (Å²) in [5.41, 5.74) is 5.95. The smallest absolute Gasteiger partial charge is 0.0506 e. The van der Waals surface area contributed by atoms with Crippen molar-refractivity contribution in [3.05, 3.63) is 41.0 Å². The van der Waals surface area contributed by atoms with E-state index in [1.54, 1.807) is 5.57 Å². The van der Waals surface area contributed by atoms with Crippen molar-refractivity contribution < 1.29 is 0 Å². The van der Waals surface area contributed by atoms with Gasteiger partial charge in [-0.05, 0) is 43.8 Å². The van der Waals surface area contributed by atoms with Gasteiger partial charge in [-0.15, -0.1) is 0 Å². The van der Waals surface area contributed by atoms with Crippen LogP contribution in [0.5, 0.6) is 0 Å². The van der Waals surface area contributed by atoms with Crippen molar-refractivity contribution in [1.29, 1.82) is 0 Å². The molecule has 0 saturated heterocycles. The lowest BCUT2D eigenvalue weighted by atomic mass is 10.1. The van der Waals surface area contributed by atoms with E-state index in [1.165, 1.54) is 29.7 Å². The second kappa shape index (κ2) is 5.63. The molecule has 0 bridgehead atoms. The Bertz CT molecular complexity index is 423. The maximum Gasteiger partial charge on any atom is 0.0506 e. The van der Waals surface area contributed by atoms with Gasteiger partial charge in [-0.25, -0.2) is 0 Å². The molecule has 17 heavy (non-hydrogen) atoms. The molecule has 0 unspecified atom stereocenters. The number of benzene rings is 1. The van der Waals surface area contributed by atoms with Gasteiger partial charge in [-0.2, -0.15) is 0 Å². The number of hydrogen-bond donors (Lipinski definition) is 0. The van der Waals surface area contributed by atoms with Gasteiger partial charge in [0.15, 0.2) is 0 Å². The first-order valence-corrected chi connectivity index (χ1v) is 7.30. The van der Waals surface area contributed by atoms with Crippen LogP contribution in [-0.2, 0) is 6.42 Å². The molecule has 2 heteroatoms. The number of anilines is 1. The van der Waals surface area contributed by atoms with Gasteiger partial charge >= 0.3 is 0 Å². The number of nitrogens with zero attached hydrogens (tertiary/aromatic N) is 1. The highest BCUT2D eigenvalue weighted by atomic mass is 32.2. The van der Waals surface area contributed by atoms with E-state index in [0.717, 1.165) is 12.3 Å². The van der Waals surface area contributed by atoms with Crippen LogP contribution < -0.4 is 4.31 Å². The molecule has 0 spiro atoms. The van der Waals surface area contributed by atoms with Gasteiger partial charge < -0.3 is 4.31 Å². The maximum atomic E-state index is 2.45. The zero-order valence-electron chi connectivity index (χ0n) is 11.0.